The minimum Gasteiger partial charge on any atom is -0.349 e. The van der Waals surface area contributed by atoms with Gasteiger partial charge in [0.25, 0.3) is 0 Å². The topological polar surface area (TPSA) is 57.8 Å². The van der Waals surface area contributed by atoms with E-state index < -0.39 is 0 Å². The molecule has 1 aromatic heterocycles. The van der Waals surface area contributed by atoms with Gasteiger partial charge in [-0.3, -0.25) is 4.79 Å². The second kappa shape index (κ2) is 7.28. The summed E-state index contributed by atoms with van der Waals surface area (Å²) in [6, 6.07) is 13.5. The highest BCUT2D eigenvalue weighted by molar-refractivity contribution is 7.99. The second-order valence-corrected chi connectivity index (χ2v) is 7.04. The van der Waals surface area contributed by atoms with Gasteiger partial charge in [0.2, 0.25) is 5.91 Å². The Balaban J connectivity index is 1.59. The Morgan fingerprint density at radius 1 is 1.33 bits per heavy atom. The first kappa shape index (κ1) is 16.9. The number of aromatic nitrogens is 2. The number of H-pyrrole nitrogens is 1. The summed E-state index contributed by atoms with van der Waals surface area (Å²) in [6.07, 6.45) is 0. The summed E-state index contributed by atoms with van der Waals surface area (Å²) >= 11 is 7.34. The molecule has 0 saturated carbocycles. The van der Waals surface area contributed by atoms with Crippen molar-refractivity contribution in [3.8, 4) is 0 Å². The minimum atomic E-state index is -0.0196. The monoisotopic (exact) mass is 359 g/mol. The molecular formula is C18H18ClN3OS. The van der Waals surface area contributed by atoms with Gasteiger partial charge in [0.05, 0.1) is 22.8 Å². The summed E-state index contributed by atoms with van der Waals surface area (Å²) in [7, 11) is 0. The number of rotatable bonds is 5. The summed E-state index contributed by atoms with van der Waals surface area (Å²) in [5, 5.41) is 4.40. The molecule has 0 aliphatic heterocycles. The van der Waals surface area contributed by atoms with Gasteiger partial charge in [-0.15, -0.1) is 0 Å². The minimum absolute atomic E-state index is 0.0192. The van der Waals surface area contributed by atoms with E-state index >= 15 is 0 Å². The molecule has 0 fully saturated rings. The maximum Gasteiger partial charge on any atom is 0.230 e. The van der Waals surface area contributed by atoms with Gasteiger partial charge in [-0.2, -0.15) is 0 Å². The Bertz CT molecular complexity index is 878. The van der Waals surface area contributed by atoms with E-state index in [1.165, 1.54) is 17.3 Å². The largest absolute Gasteiger partial charge is 0.349 e. The first-order chi connectivity index (χ1) is 11.5. The number of aromatic amines is 1. The van der Waals surface area contributed by atoms with Crippen LogP contribution in [0.4, 0.5) is 0 Å². The predicted octanol–water partition coefficient (Wildman–Crippen LogP) is 4.49. The highest BCUT2D eigenvalue weighted by atomic mass is 35.5. The Morgan fingerprint density at radius 2 is 2.12 bits per heavy atom. The number of halogens is 1. The molecule has 1 heterocycles. The molecule has 1 unspecified atom stereocenters. The number of carbonyl (C=O) groups is 1. The van der Waals surface area contributed by atoms with Gasteiger partial charge in [-0.25, -0.2) is 4.98 Å². The van der Waals surface area contributed by atoms with Crippen molar-refractivity contribution in [2.75, 3.05) is 5.75 Å². The number of nitrogens with one attached hydrogen (secondary N) is 2. The number of hydrogen-bond donors (Lipinski definition) is 2. The van der Waals surface area contributed by atoms with Gasteiger partial charge in [0.1, 0.15) is 0 Å². The zero-order valence-electron chi connectivity index (χ0n) is 13.5. The maximum atomic E-state index is 12.2. The van der Waals surface area contributed by atoms with Gasteiger partial charge < -0.3 is 10.3 Å². The molecular weight excluding hydrogens is 342 g/mol. The van der Waals surface area contributed by atoms with E-state index in [4.69, 9.17) is 11.6 Å². The lowest BCUT2D eigenvalue weighted by Crippen LogP contribution is -2.28. The summed E-state index contributed by atoms with van der Waals surface area (Å²) in [5.74, 6) is 0.290. The number of hydrogen-bond acceptors (Lipinski definition) is 3. The van der Waals surface area contributed by atoms with Crippen molar-refractivity contribution in [3.63, 3.8) is 0 Å². The number of imidazole rings is 1. The van der Waals surface area contributed by atoms with Crippen molar-refractivity contribution in [3.05, 3.63) is 58.6 Å². The third-order valence-corrected chi connectivity index (χ3v) is 4.90. The molecule has 0 bridgehead atoms. The van der Waals surface area contributed by atoms with E-state index in [0.717, 1.165) is 16.6 Å². The third kappa shape index (κ3) is 3.91. The fraction of sp³-hybridized carbons (Fsp3) is 0.222. The van der Waals surface area contributed by atoms with Crippen LogP contribution in [0, 0.1) is 6.92 Å². The first-order valence-electron chi connectivity index (χ1n) is 7.66. The Labute approximate surface area is 150 Å². The predicted molar refractivity (Wildman–Crippen MR) is 99.6 cm³/mol. The summed E-state index contributed by atoms with van der Waals surface area (Å²) in [4.78, 5) is 19.8. The lowest BCUT2D eigenvalue weighted by Gasteiger charge is -2.16. The number of carbonyl (C=O) groups excluding carboxylic acids is 1. The lowest BCUT2D eigenvalue weighted by molar-refractivity contribution is -0.119. The fourth-order valence-electron chi connectivity index (χ4n) is 2.59. The Kier molecular flexibility index (Phi) is 5.11. The van der Waals surface area contributed by atoms with E-state index in [0.29, 0.717) is 15.9 Å². The van der Waals surface area contributed by atoms with Crippen LogP contribution >= 0.6 is 23.4 Å². The van der Waals surface area contributed by atoms with Gasteiger partial charge in [-0.05, 0) is 43.2 Å². The molecule has 1 amide bonds. The van der Waals surface area contributed by atoms with Gasteiger partial charge in [0.15, 0.2) is 5.16 Å². The van der Waals surface area contributed by atoms with E-state index in [1.807, 2.05) is 50.2 Å². The normalized spacial score (nSPS) is 12.3. The van der Waals surface area contributed by atoms with Gasteiger partial charge in [0, 0.05) is 5.02 Å². The van der Waals surface area contributed by atoms with Crippen molar-refractivity contribution in [2.24, 2.45) is 0 Å². The van der Waals surface area contributed by atoms with E-state index in [-0.39, 0.29) is 11.9 Å². The molecule has 3 rings (SSSR count). The number of fused-ring (bicyclic) bond motifs is 1. The van der Waals surface area contributed by atoms with Crippen molar-refractivity contribution in [1.82, 2.24) is 15.3 Å². The molecule has 3 aromatic rings. The van der Waals surface area contributed by atoms with Crippen LogP contribution in [0.25, 0.3) is 11.0 Å². The number of aryl methyl sites for hydroxylation is 1. The second-order valence-electron chi connectivity index (χ2n) is 5.64. The molecule has 0 aliphatic carbocycles. The van der Waals surface area contributed by atoms with Crippen LogP contribution in [0.1, 0.15) is 24.1 Å². The van der Waals surface area contributed by atoms with Crippen LogP contribution in [0.5, 0.6) is 0 Å². The molecule has 0 saturated heterocycles. The van der Waals surface area contributed by atoms with E-state index in [2.05, 4.69) is 15.3 Å². The molecule has 0 aliphatic rings. The standard InChI is InChI=1S/C18H18ClN3OS/c1-11-5-3-4-6-14(11)12(2)20-17(23)10-24-18-21-15-8-7-13(19)9-16(15)22-18/h3-9,12H,10H2,1-2H3,(H,20,23)(H,21,22). The molecule has 0 radical (unpaired) electrons. The van der Waals surface area contributed by atoms with Crippen LogP contribution in [-0.2, 0) is 4.79 Å². The SMILES string of the molecule is Cc1ccccc1C(C)NC(=O)CSc1nc2ccc(Cl)cc2[nH]1. The summed E-state index contributed by atoms with van der Waals surface area (Å²) in [5.41, 5.74) is 4.02. The number of nitrogens with zero attached hydrogens (tertiary/aromatic N) is 1. The van der Waals surface area contributed by atoms with Crippen LogP contribution in [0.2, 0.25) is 5.02 Å². The average Bonchev–Trinajstić information content (AvgIpc) is 2.95. The average molecular weight is 360 g/mol. The molecule has 2 aromatic carbocycles. The number of thioether (sulfide) groups is 1. The maximum absolute atomic E-state index is 12.2. The van der Waals surface area contributed by atoms with Crippen molar-refractivity contribution < 1.29 is 4.79 Å². The van der Waals surface area contributed by atoms with Gasteiger partial charge in [-0.1, -0.05) is 47.6 Å². The number of amides is 1. The Morgan fingerprint density at radius 3 is 2.92 bits per heavy atom. The molecule has 6 heteroatoms. The lowest BCUT2D eigenvalue weighted by atomic mass is 10.0. The number of benzene rings is 2. The summed E-state index contributed by atoms with van der Waals surface area (Å²) < 4.78 is 0. The van der Waals surface area contributed by atoms with E-state index in [1.54, 1.807) is 6.07 Å². The molecule has 2 N–H and O–H groups in total. The molecule has 24 heavy (non-hydrogen) atoms. The first-order valence-corrected chi connectivity index (χ1v) is 9.02. The fourth-order valence-corrected chi connectivity index (χ4v) is 3.46. The smallest absolute Gasteiger partial charge is 0.230 e. The van der Waals surface area contributed by atoms with Crippen LogP contribution in [0.15, 0.2) is 47.6 Å². The Hall–Kier alpha value is -1.98. The third-order valence-electron chi connectivity index (χ3n) is 3.79. The van der Waals surface area contributed by atoms with Gasteiger partial charge >= 0.3 is 0 Å². The zero-order chi connectivity index (χ0) is 17.1. The van der Waals surface area contributed by atoms with Crippen LogP contribution in [-0.4, -0.2) is 21.6 Å². The van der Waals surface area contributed by atoms with Crippen molar-refractivity contribution >= 4 is 40.3 Å². The zero-order valence-corrected chi connectivity index (χ0v) is 15.0. The molecule has 4 nitrogen and oxygen atoms in total. The van der Waals surface area contributed by atoms with Crippen molar-refractivity contribution in [2.45, 2.75) is 25.0 Å². The highest BCUT2D eigenvalue weighted by Crippen LogP contribution is 2.22. The molecule has 124 valence electrons. The van der Waals surface area contributed by atoms with Crippen LogP contribution < -0.4 is 5.32 Å². The molecule has 1 atom stereocenters. The summed E-state index contributed by atoms with van der Waals surface area (Å²) in [6.45, 7) is 4.04. The van der Waals surface area contributed by atoms with Crippen molar-refractivity contribution in [1.29, 1.82) is 0 Å². The highest BCUT2D eigenvalue weighted by Gasteiger charge is 2.12. The van der Waals surface area contributed by atoms with Crippen LogP contribution in [0.3, 0.4) is 0 Å². The van der Waals surface area contributed by atoms with E-state index in [9.17, 15) is 4.79 Å². The quantitative estimate of drug-likeness (QED) is 0.660. The molecule has 0 spiro atoms.